The van der Waals surface area contributed by atoms with E-state index in [0.29, 0.717) is 22.6 Å². The second-order valence-corrected chi connectivity index (χ2v) is 6.94. The molecule has 0 saturated heterocycles. The molecule has 2 N–H and O–H groups in total. The number of aromatic nitrogens is 3. The van der Waals surface area contributed by atoms with Gasteiger partial charge in [0.25, 0.3) is 5.91 Å². The molecule has 2 aromatic heterocycles. The predicted octanol–water partition coefficient (Wildman–Crippen LogP) is 2.64. The molecule has 0 bridgehead atoms. The maximum Gasteiger partial charge on any atom is 0.258 e. The lowest BCUT2D eigenvalue weighted by Gasteiger charge is -2.26. The lowest BCUT2D eigenvalue weighted by Crippen LogP contribution is -2.39. The Hall–Kier alpha value is -3.00. The molecule has 138 valence electrons. The monoisotopic (exact) mass is 427 g/mol. The fourth-order valence-corrected chi connectivity index (χ4v) is 3.31. The third-order valence-electron chi connectivity index (χ3n) is 4.25. The number of benzene rings is 1. The summed E-state index contributed by atoms with van der Waals surface area (Å²) in [4.78, 5) is 30.7. The highest BCUT2D eigenvalue weighted by molar-refractivity contribution is 9.10. The van der Waals surface area contributed by atoms with Crippen molar-refractivity contribution < 1.29 is 9.59 Å². The number of likely N-dealkylation sites (N-methyl/N-ethyl adjacent to an activating group) is 1. The highest BCUT2D eigenvalue weighted by Crippen LogP contribution is 2.25. The molecule has 8 heteroatoms. The van der Waals surface area contributed by atoms with Crippen molar-refractivity contribution in [3.05, 3.63) is 76.2 Å². The van der Waals surface area contributed by atoms with Gasteiger partial charge < -0.3 is 10.6 Å². The van der Waals surface area contributed by atoms with Gasteiger partial charge in [-0.2, -0.15) is 5.10 Å². The van der Waals surface area contributed by atoms with Gasteiger partial charge in [-0.3, -0.25) is 9.59 Å². The topological polar surface area (TPSA) is 94.1 Å². The minimum absolute atomic E-state index is 0.349. The van der Waals surface area contributed by atoms with E-state index in [1.165, 1.54) is 11.1 Å². The number of carbonyl (C=O) groups is 2. The lowest BCUT2D eigenvalue weighted by molar-refractivity contribution is -0.122. The van der Waals surface area contributed by atoms with E-state index in [1.54, 1.807) is 55.2 Å². The molecule has 0 radical (unpaired) electrons. The van der Waals surface area contributed by atoms with E-state index in [4.69, 9.17) is 5.73 Å². The van der Waals surface area contributed by atoms with Crippen LogP contribution in [0.3, 0.4) is 0 Å². The standard InChI is InChI=1S/C19H18BrN5O2/c1-12-15(11-23-25(12)16-8-3-4-9-22-16)19(27)24(2)17(18(21)26)13-6-5-7-14(20)10-13/h3-11,17H,1-2H3,(H2,21,26)/t17-/m1/s1. The van der Waals surface area contributed by atoms with Gasteiger partial charge in [0.15, 0.2) is 5.82 Å². The number of nitrogens with two attached hydrogens (primary N) is 1. The summed E-state index contributed by atoms with van der Waals surface area (Å²) in [6.45, 7) is 1.78. The third kappa shape index (κ3) is 3.75. The molecule has 1 aromatic carbocycles. The van der Waals surface area contributed by atoms with E-state index >= 15 is 0 Å². The third-order valence-corrected chi connectivity index (χ3v) is 4.74. The molecular formula is C19H18BrN5O2. The van der Waals surface area contributed by atoms with Crippen LogP contribution in [0, 0.1) is 6.92 Å². The van der Waals surface area contributed by atoms with Crippen LogP contribution in [0.4, 0.5) is 0 Å². The van der Waals surface area contributed by atoms with Gasteiger partial charge in [0, 0.05) is 17.7 Å². The van der Waals surface area contributed by atoms with Gasteiger partial charge >= 0.3 is 0 Å². The zero-order valence-electron chi connectivity index (χ0n) is 14.8. The molecule has 3 aromatic rings. The molecule has 0 fully saturated rings. The highest BCUT2D eigenvalue weighted by atomic mass is 79.9. The molecule has 2 heterocycles. The first-order chi connectivity index (χ1) is 12.9. The van der Waals surface area contributed by atoms with Crippen LogP contribution in [-0.2, 0) is 4.79 Å². The fraction of sp³-hybridized carbons (Fsp3) is 0.158. The van der Waals surface area contributed by atoms with Crippen LogP contribution in [0.15, 0.2) is 59.3 Å². The smallest absolute Gasteiger partial charge is 0.258 e. The Morgan fingerprint density at radius 2 is 2.00 bits per heavy atom. The first-order valence-electron chi connectivity index (χ1n) is 8.18. The van der Waals surface area contributed by atoms with Crippen LogP contribution in [-0.4, -0.2) is 38.5 Å². The Bertz CT molecular complexity index is 987. The molecule has 0 aliphatic rings. The van der Waals surface area contributed by atoms with Crippen molar-refractivity contribution in [2.75, 3.05) is 7.05 Å². The molecule has 1 atom stereocenters. The molecule has 0 saturated carbocycles. The molecule has 0 spiro atoms. The fourth-order valence-electron chi connectivity index (χ4n) is 2.89. The number of primary amides is 1. The van der Waals surface area contributed by atoms with Gasteiger partial charge in [0.05, 0.1) is 17.5 Å². The first-order valence-corrected chi connectivity index (χ1v) is 8.97. The summed E-state index contributed by atoms with van der Waals surface area (Å²) in [6.07, 6.45) is 3.13. The molecule has 0 aliphatic heterocycles. The van der Waals surface area contributed by atoms with Gasteiger partial charge in [-0.1, -0.05) is 34.1 Å². The average molecular weight is 428 g/mol. The van der Waals surface area contributed by atoms with Crippen molar-refractivity contribution in [2.24, 2.45) is 5.73 Å². The molecular weight excluding hydrogens is 410 g/mol. The Kier molecular flexibility index (Phi) is 5.36. The molecule has 0 unspecified atom stereocenters. The molecule has 27 heavy (non-hydrogen) atoms. The van der Waals surface area contributed by atoms with E-state index in [1.807, 2.05) is 12.1 Å². The van der Waals surface area contributed by atoms with Gasteiger partial charge in [-0.15, -0.1) is 0 Å². The minimum atomic E-state index is -0.896. The van der Waals surface area contributed by atoms with Crippen molar-refractivity contribution in [1.29, 1.82) is 0 Å². The number of carbonyl (C=O) groups excluding carboxylic acids is 2. The van der Waals surface area contributed by atoms with E-state index in [-0.39, 0.29) is 5.91 Å². The first kappa shape index (κ1) is 18.8. The van der Waals surface area contributed by atoms with Crippen molar-refractivity contribution in [3.8, 4) is 5.82 Å². The SMILES string of the molecule is Cc1c(C(=O)N(C)[C@@H](C(N)=O)c2cccc(Br)c2)cnn1-c1ccccn1. The maximum atomic E-state index is 13.0. The Balaban J connectivity index is 1.95. The minimum Gasteiger partial charge on any atom is -0.368 e. The summed E-state index contributed by atoms with van der Waals surface area (Å²) >= 11 is 3.38. The van der Waals surface area contributed by atoms with Crippen LogP contribution < -0.4 is 5.73 Å². The lowest BCUT2D eigenvalue weighted by atomic mass is 10.0. The maximum absolute atomic E-state index is 13.0. The number of hydrogen-bond acceptors (Lipinski definition) is 4. The summed E-state index contributed by atoms with van der Waals surface area (Å²) in [6, 6.07) is 11.7. The quantitative estimate of drug-likeness (QED) is 0.676. The number of halogens is 1. The van der Waals surface area contributed by atoms with E-state index in [9.17, 15) is 9.59 Å². The van der Waals surface area contributed by atoms with Crippen molar-refractivity contribution in [3.63, 3.8) is 0 Å². The second kappa shape index (κ2) is 7.71. The van der Waals surface area contributed by atoms with Crippen LogP contribution in [0.5, 0.6) is 0 Å². The van der Waals surface area contributed by atoms with Crippen LogP contribution in [0.25, 0.3) is 5.82 Å². The summed E-state index contributed by atoms with van der Waals surface area (Å²) in [5, 5.41) is 4.26. The van der Waals surface area contributed by atoms with Crippen molar-refractivity contribution in [1.82, 2.24) is 19.7 Å². The van der Waals surface area contributed by atoms with Gasteiger partial charge in [0.1, 0.15) is 6.04 Å². The molecule has 0 aliphatic carbocycles. The summed E-state index contributed by atoms with van der Waals surface area (Å²) < 4.78 is 2.38. The molecule has 7 nitrogen and oxygen atoms in total. The van der Waals surface area contributed by atoms with E-state index in [2.05, 4.69) is 26.0 Å². The second-order valence-electron chi connectivity index (χ2n) is 6.02. The van der Waals surface area contributed by atoms with Crippen LogP contribution in [0.1, 0.15) is 27.7 Å². The van der Waals surface area contributed by atoms with Gasteiger partial charge in [-0.25, -0.2) is 9.67 Å². The molecule has 3 rings (SSSR count). The predicted molar refractivity (Wildman–Crippen MR) is 104 cm³/mol. The number of hydrogen-bond donors (Lipinski definition) is 1. The largest absolute Gasteiger partial charge is 0.368 e. The number of rotatable bonds is 5. The zero-order valence-corrected chi connectivity index (χ0v) is 16.4. The number of nitrogens with zero attached hydrogens (tertiary/aromatic N) is 4. The number of pyridine rings is 1. The van der Waals surface area contributed by atoms with Gasteiger partial charge in [-0.05, 0) is 36.8 Å². The Labute approximate surface area is 164 Å². The number of amides is 2. The van der Waals surface area contributed by atoms with Crippen LogP contribution >= 0.6 is 15.9 Å². The normalized spacial score (nSPS) is 11.8. The highest BCUT2D eigenvalue weighted by Gasteiger charge is 2.29. The van der Waals surface area contributed by atoms with Gasteiger partial charge in [0.2, 0.25) is 5.91 Å². The summed E-state index contributed by atoms with van der Waals surface area (Å²) in [5.41, 5.74) is 7.23. The summed E-state index contributed by atoms with van der Waals surface area (Å²) in [7, 11) is 1.55. The van der Waals surface area contributed by atoms with Crippen molar-refractivity contribution in [2.45, 2.75) is 13.0 Å². The van der Waals surface area contributed by atoms with Crippen LogP contribution in [0.2, 0.25) is 0 Å². The van der Waals surface area contributed by atoms with Crippen molar-refractivity contribution >= 4 is 27.7 Å². The molecule has 2 amide bonds. The van der Waals surface area contributed by atoms with E-state index in [0.717, 1.165) is 4.47 Å². The Morgan fingerprint density at radius 1 is 1.22 bits per heavy atom. The average Bonchev–Trinajstić information content (AvgIpc) is 3.03. The zero-order chi connectivity index (χ0) is 19.6. The van der Waals surface area contributed by atoms with E-state index < -0.39 is 11.9 Å². The summed E-state index contributed by atoms with van der Waals surface area (Å²) in [5.74, 6) is -0.354. The Morgan fingerprint density at radius 3 is 2.63 bits per heavy atom.